The molecule has 0 unspecified atom stereocenters. The molecule has 1 amide bonds. The van der Waals surface area contributed by atoms with Crippen molar-refractivity contribution < 1.29 is 4.79 Å². The number of aromatic nitrogens is 3. The molecule has 7 heteroatoms. The highest BCUT2D eigenvalue weighted by atomic mass is 16.1. The number of aryl methyl sites for hydroxylation is 1. The summed E-state index contributed by atoms with van der Waals surface area (Å²) in [7, 11) is 0. The van der Waals surface area contributed by atoms with Crippen molar-refractivity contribution in [2.45, 2.75) is 33.2 Å². The number of carbonyl (C=O) groups excluding carboxylic acids is 1. The van der Waals surface area contributed by atoms with Crippen molar-refractivity contribution in [2.75, 3.05) is 23.7 Å². The van der Waals surface area contributed by atoms with E-state index in [9.17, 15) is 4.79 Å². The molecule has 2 N–H and O–H groups in total. The summed E-state index contributed by atoms with van der Waals surface area (Å²) in [6, 6.07) is 21.7. The fraction of sp³-hybridized carbons (Fsp3) is 0.267. The van der Waals surface area contributed by atoms with Crippen molar-refractivity contribution >= 4 is 23.2 Å². The number of benzene rings is 2. The van der Waals surface area contributed by atoms with Gasteiger partial charge in [0.25, 0.3) is 5.91 Å². The molecule has 0 spiro atoms. The van der Waals surface area contributed by atoms with E-state index in [0.29, 0.717) is 17.2 Å². The lowest BCUT2D eigenvalue weighted by atomic mass is 9.99. The number of nitrogens with one attached hydrogen (secondary N) is 2. The average molecular weight is 493 g/mol. The lowest BCUT2D eigenvalue weighted by molar-refractivity contribution is 0.102. The number of carbonyl (C=O) groups is 1. The van der Waals surface area contributed by atoms with Crippen LogP contribution in [-0.2, 0) is 6.54 Å². The zero-order valence-electron chi connectivity index (χ0n) is 21.3. The maximum Gasteiger partial charge on any atom is 0.257 e. The molecule has 0 radical (unpaired) electrons. The molecule has 1 aliphatic rings. The highest BCUT2D eigenvalue weighted by molar-refractivity contribution is 6.04. The minimum atomic E-state index is -0.215. The summed E-state index contributed by atoms with van der Waals surface area (Å²) < 4.78 is 0. The number of piperidine rings is 1. The molecule has 3 heterocycles. The fourth-order valence-corrected chi connectivity index (χ4v) is 4.47. The Labute approximate surface area is 218 Å². The minimum absolute atomic E-state index is 0.215. The Morgan fingerprint density at radius 1 is 1.00 bits per heavy atom. The first kappa shape index (κ1) is 24.6. The van der Waals surface area contributed by atoms with E-state index in [1.807, 2.05) is 55.5 Å². The lowest BCUT2D eigenvalue weighted by Crippen LogP contribution is -2.32. The zero-order chi connectivity index (χ0) is 25.6. The SMILES string of the molecule is Cc1ncc(C(=O)Nc2ccc(CN3CCC(C)CC3)cc2)cc1Nc1nccc(-c2ccccc2)n1. The summed E-state index contributed by atoms with van der Waals surface area (Å²) in [5.74, 6) is 1.06. The third-order valence-corrected chi connectivity index (χ3v) is 6.81. The first-order valence-corrected chi connectivity index (χ1v) is 12.8. The van der Waals surface area contributed by atoms with Gasteiger partial charge in [-0.3, -0.25) is 14.7 Å². The molecule has 0 bridgehead atoms. The molecule has 0 atom stereocenters. The van der Waals surface area contributed by atoms with Crippen molar-refractivity contribution in [3.63, 3.8) is 0 Å². The second-order valence-electron chi connectivity index (χ2n) is 9.72. The number of hydrogen-bond acceptors (Lipinski definition) is 6. The van der Waals surface area contributed by atoms with E-state index < -0.39 is 0 Å². The van der Waals surface area contributed by atoms with Gasteiger partial charge in [-0.2, -0.15) is 0 Å². The number of anilines is 3. The first-order valence-electron chi connectivity index (χ1n) is 12.8. The van der Waals surface area contributed by atoms with Crippen LogP contribution in [-0.4, -0.2) is 38.8 Å². The number of hydrogen-bond donors (Lipinski definition) is 2. The first-order chi connectivity index (χ1) is 18.0. The van der Waals surface area contributed by atoms with Gasteiger partial charge >= 0.3 is 0 Å². The fourth-order valence-electron chi connectivity index (χ4n) is 4.47. The van der Waals surface area contributed by atoms with Crippen LogP contribution in [0.2, 0.25) is 0 Å². The molecule has 2 aromatic carbocycles. The number of likely N-dealkylation sites (tertiary alicyclic amines) is 1. The Bertz CT molecular complexity index is 1350. The monoisotopic (exact) mass is 492 g/mol. The van der Waals surface area contributed by atoms with Crippen molar-refractivity contribution in [2.24, 2.45) is 5.92 Å². The van der Waals surface area contributed by atoms with Crippen molar-refractivity contribution in [3.8, 4) is 11.3 Å². The third-order valence-electron chi connectivity index (χ3n) is 6.81. The summed E-state index contributed by atoms with van der Waals surface area (Å²) in [6.07, 6.45) is 5.83. The molecular weight excluding hydrogens is 460 g/mol. The summed E-state index contributed by atoms with van der Waals surface area (Å²) in [5, 5.41) is 6.21. The Hall–Kier alpha value is -4.10. The molecule has 188 valence electrons. The molecule has 5 rings (SSSR count). The average Bonchev–Trinajstić information content (AvgIpc) is 2.93. The van der Waals surface area contributed by atoms with Crippen LogP contribution in [0.4, 0.5) is 17.3 Å². The van der Waals surface area contributed by atoms with Gasteiger partial charge in [0, 0.05) is 30.2 Å². The Morgan fingerprint density at radius 2 is 1.76 bits per heavy atom. The van der Waals surface area contributed by atoms with Gasteiger partial charge in [-0.15, -0.1) is 0 Å². The molecule has 1 aliphatic heterocycles. The Kier molecular flexibility index (Phi) is 7.51. The standard InChI is InChI=1S/C30H32N6O/c1-21-13-16-36(17-14-21)20-23-8-10-26(11-9-23)33-29(37)25-18-28(22(2)32-19-25)35-30-31-15-12-27(34-30)24-6-4-3-5-7-24/h3-12,15,18-19,21H,13-14,16-17,20H2,1-2H3,(H,33,37)(H,31,34,35). The topological polar surface area (TPSA) is 83.0 Å². The van der Waals surface area contributed by atoms with Crippen LogP contribution in [0.25, 0.3) is 11.3 Å². The quantitative estimate of drug-likeness (QED) is 0.326. The predicted octanol–water partition coefficient (Wildman–Crippen LogP) is 6.07. The van der Waals surface area contributed by atoms with Gasteiger partial charge in [0.2, 0.25) is 5.95 Å². The van der Waals surface area contributed by atoms with Crippen LogP contribution < -0.4 is 10.6 Å². The third kappa shape index (κ3) is 6.37. The number of rotatable bonds is 7. The van der Waals surface area contributed by atoms with Gasteiger partial charge in [0.15, 0.2) is 0 Å². The van der Waals surface area contributed by atoms with Crippen LogP contribution in [0.15, 0.2) is 79.1 Å². The van der Waals surface area contributed by atoms with E-state index in [4.69, 9.17) is 0 Å². The molecule has 4 aromatic rings. The maximum absolute atomic E-state index is 13.0. The normalized spacial score (nSPS) is 14.3. The van der Waals surface area contributed by atoms with Gasteiger partial charge in [0.1, 0.15) is 0 Å². The van der Waals surface area contributed by atoms with Crippen LogP contribution in [0.3, 0.4) is 0 Å². The van der Waals surface area contributed by atoms with Crippen LogP contribution in [0, 0.1) is 12.8 Å². The predicted molar refractivity (Wildman–Crippen MR) is 148 cm³/mol. The smallest absolute Gasteiger partial charge is 0.257 e. The van der Waals surface area contributed by atoms with Gasteiger partial charge in [-0.1, -0.05) is 49.4 Å². The highest BCUT2D eigenvalue weighted by Gasteiger charge is 2.16. The molecule has 7 nitrogen and oxygen atoms in total. The van der Waals surface area contributed by atoms with Crippen molar-refractivity contribution in [3.05, 3.63) is 95.9 Å². The van der Waals surface area contributed by atoms with E-state index in [1.165, 1.54) is 18.4 Å². The van der Waals surface area contributed by atoms with Crippen LogP contribution in [0.1, 0.15) is 41.4 Å². The lowest BCUT2D eigenvalue weighted by Gasteiger charge is -2.30. The number of amides is 1. The molecular formula is C30H32N6O. The van der Waals surface area contributed by atoms with Gasteiger partial charge < -0.3 is 10.6 Å². The summed E-state index contributed by atoms with van der Waals surface area (Å²) >= 11 is 0. The van der Waals surface area contributed by atoms with Crippen LogP contribution >= 0.6 is 0 Å². The molecule has 0 aliphatic carbocycles. The van der Waals surface area contributed by atoms with Crippen molar-refractivity contribution in [1.29, 1.82) is 0 Å². The van der Waals surface area contributed by atoms with Crippen LogP contribution in [0.5, 0.6) is 0 Å². The second kappa shape index (κ2) is 11.3. The van der Waals surface area contributed by atoms with E-state index in [0.717, 1.165) is 48.2 Å². The summed E-state index contributed by atoms with van der Waals surface area (Å²) in [5.41, 5.74) is 5.73. The number of pyridine rings is 1. The summed E-state index contributed by atoms with van der Waals surface area (Å²) in [6.45, 7) is 7.46. The summed E-state index contributed by atoms with van der Waals surface area (Å²) in [4.78, 5) is 28.9. The molecule has 1 fully saturated rings. The molecule has 2 aromatic heterocycles. The largest absolute Gasteiger partial charge is 0.323 e. The van der Waals surface area contributed by atoms with E-state index in [2.05, 4.69) is 49.5 Å². The maximum atomic E-state index is 13.0. The second-order valence-corrected chi connectivity index (χ2v) is 9.72. The molecule has 1 saturated heterocycles. The van der Waals surface area contributed by atoms with Gasteiger partial charge in [0.05, 0.1) is 22.6 Å². The van der Waals surface area contributed by atoms with E-state index in [-0.39, 0.29) is 5.91 Å². The highest BCUT2D eigenvalue weighted by Crippen LogP contribution is 2.23. The minimum Gasteiger partial charge on any atom is -0.323 e. The zero-order valence-corrected chi connectivity index (χ0v) is 21.3. The Balaban J connectivity index is 1.24. The van der Waals surface area contributed by atoms with Gasteiger partial charge in [-0.05, 0) is 68.6 Å². The molecule has 0 saturated carbocycles. The van der Waals surface area contributed by atoms with E-state index >= 15 is 0 Å². The van der Waals surface area contributed by atoms with Crippen molar-refractivity contribution in [1.82, 2.24) is 19.9 Å². The van der Waals surface area contributed by atoms with Gasteiger partial charge in [-0.25, -0.2) is 9.97 Å². The number of nitrogens with zero attached hydrogens (tertiary/aromatic N) is 4. The Morgan fingerprint density at radius 3 is 2.51 bits per heavy atom. The van der Waals surface area contributed by atoms with E-state index in [1.54, 1.807) is 18.5 Å². The molecule has 37 heavy (non-hydrogen) atoms.